The minimum atomic E-state index is -1.20. The van der Waals surface area contributed by atoms with E-state index >= 15 is 0 Å². The lowest BCUT2D eigenvalue weighted by Crippen LogP contribution is -2.13. The Labute approximate surface area is 152 Å². The van der Waals surface area contributed by atoms with Crippen LogP contribution < -0.4 is 0 Å². The number of aromatic nitrogens is 1. The lowest BCUT2D eigenvalue weighted by atomic mass is 10.0. The van der Waals surface area contributed by atoms with E-state index in [2.05, 4.69) is 28.4 Å². The van der Waals surface area contributed by atoms with Crippen molar-refractivity contribution in [2.45, 2.75) is 6.10 Å². The molecule has 0 saturated heterocycles. The molecule has 0 bridgehead atoms. The molecule has 0 aliphatic carbocycles. The third-order valence-corrected chi connectivity index (χ3v) is 4.12. The van der Waals surface area contributed by atoms with E-state index in [4.69, 9.17) is 0 Å². The molecule has 1 N–H and O–H groups in total. The summed E-state index contributed by atoms with van der Waals surface area (Å²) in [6, 6.07) is 23.4. The summed E-state index contributed by atoms with van der Waals surface area (Å²) in [5.74, 6) is -0.656. The lowest BCUT2D eigenvalue weighted by molar-refractivity contribution is -0.137. The molecule has 2 aromatic carbocycles. The van der Waals surface area contributed by atoms with E-state index in [-0.39, 0.29) is 5.57 Å². The zero-order valence-corrected chi connectivity index (χ0v) is 14.4. The van der Waals surface area contributed by atoms with Crippen molar-refractivity contribution in [3.63, 3.8) is 0 Å². The summed E-state index contributed by atoms with van der Waals surface area (Å²) in [6.07, 6.45) is -1.20. The molecular weight excluding hydrogens is 326 g/mol. The average molecular weight is 345 g/mol. The smallest absolute Gasteiger partial charge is 0.336 e. The second-order valence-corrected chi connectivity index (χ2v) is 5.81. The van der Waals surface area contributed by atoms with Gasteiger partial charge in [0.1, 0.15) is 6.10 Å². The van der Waals surface area contributed by atoms with E-state index in [0.717, 1.165) is 16.7 Å². The molecular formula is C22H19NO3. The highest BCUT2D eigenvalue weighted by atomic mass is 16.5. The number of nitrogens with zero attached hydrogens (tertiary/aromatic N) is 1. The minimum absolute atomic E-state index is 0.0448. The quantitative estimate of drug-likeness (QED) is 0.557. The van der Waals surface area contributed by atoms with Gasteiger partial charge in [0.2, 0.25) is 0 Å². The van der Waals surface area contributed by atoms with Crippen molar-refractivity contribution in [2.24, 2.45) is 0 Å². The van der Waals surface area contributed by atoms with Gasteiger partial charge in [0.15, 0.2) is 0 Å². The van der Waals surface area contributed by atoms with Crippen molar-refractivity contribution in [2.75, 3.05) is 7.11 Å². The summed E-state index contributed by atoms with van der Waals surface area (Å²) in [6.45, 7) is 3.58. The molecule has 1 heterocycles. The van der Waals surface area contributed by atoms with Gasteiger partial charge in [0.05, 0.1) is 24.1 Å². The molecule has 0 aliphatic heterocycles. The maximum Gasteiger partial charge on any atom is 0.336 e. The van der Waals surface area contributed by atoms with Crippen molar-refractivity contribution in [3.05, 3.63) is 90.6 Å². The molecule has 3 aromatic rings. The van der Waals surface area contributed by atoms with Crippen LogP contribution in [0.3, 0.4) is 0 Å². The first-order chi connectivity index (χ1) is 12.6. The van der Waals surface area contributed by atoms with Gasteiger partial charge in [0, 0.05) is 5.56 Å². The predicted octanol–water partition coefficient (Wildman–Crippen LogP) is 4.18. The Kier molecular flexibility index (Phi) is 5.25. The minimum Gasteiger partial charge on any atom is -0.466 e. The third kappa shape index (κ3) is 3.71. The second-order valence-electron chi connectivity index (χ2n) is 5.81. The van der Waals surface area contributed by atoms with Crippen molar-refractivity contribution in [1.29, 1.82) is 0 Å². The molecule has 130 valence electrons. The van der Waals surface area contributed by atoms with Gasteiger partial charge in [-0.05, 0) is 23.3 Å². The molecule has 0 spiro atoms. The zero-order chi connectivity index (χ0) is 18.5. The second kappa shape index (κ2) is 7.76. The van der Waals surface area contributed by atoms with E-state index in [9.17, 15) is 9.90 Å². The molecule has 0 saturated carbocycles. The van der Waals surface area contributed by atoms with Crippen LogP contribution in [0.1, 0.15) is 11.8 Å². The fraction of sp³-hybridized carbons (Fsp3) is 0.0909. The number of ether oxygens (including phenoxy) is 1. The monoisotopic (exact) mass is 345 g/mol. The number of carbonyl (C=O) groups excluding carboxylic acids is 1. The van der Waals surface area contributed by atoms with Gasteiger partial charge in [-0.3, -0.25) is 0 Å². The van der Waals surface area contributed by atoms with Crippen LogP contribution in [0, 0.1) is 0 Å². The highest BCUT2D eigenvalue weighted by Crippen LogP contribution is 2.26. The Morgan fingerprint density at radius 3 is 2.19 bits per heavy atom. The fourth-order valence-electron chi connectivity index (χ4n) is 2.65. The highest BCUT2D eigenvalue weighted by molar-refractivity contribution is 5.88. The van der Waals surface area contributed by atoms with E-state index in [1.165, 1.54) is 7.11 Å². The van der Waals surface area contributed by atoms with Crippen molar-refractivity contribution >= 4 is 5.97 Å². The number of benzene rings is 2. The normalized spacial score (nSPS) is 11.6. The molecule has 0 aliphatic rings. The number of methoxy groups -OCH3 is 1. The van der Waals surface area contributed by atoms with Crippen molar-refractivity contribution in [1.82, 2.24) is 4.98 Å². The number of esters is 1. The van der Waals surface area contributed by atoms with E-state index in [1.807, 2.05) is 48.5 Å². The molecule has 0 radical (unpaired) electrons. The Morgan fingerprint density at radius 2 is 1.54 bits per heavy atom. The Balaban J connectivity index is 1.86. The van der Waals surface area contributed by atoms with Crippen LogP contribution in [-0.2, 0) is 9.53 Å². The third-order valence-electron chi connectivity index (χ3n) is 4.12. The van der Waals surface area contributed by atoms with Crippen molar-refractivity contribution in [3.8, 4) is 22.4 Å². The number of hydrogen-bond acceptors (Lipinski definition) is 4. The molecule has 1 atom stereocenters. The number of aliphatic hydroxyl groups is 1. The topological polar surface area (TPSA) is 59.4 Å². The van der Waals surface area contributed by atoms with Crippen LogP contribution in [0.25, 0.3) is 22.4 Å². The van der Waals surface area contributed by atoms with E-state index in [1.54, 1.807) is 12.1 Å². The lowest BCUT2D eigenvalue weighted by Gasteiger charge is -2.13. The summed E-state index contributed by atoms with van der Waals surface area (Å²) >= 11 is 0. The van der Waals surface area contributed by atoms with Gasteiger partial charge in [0.25, 0.3) is 0 Å². The van der Waals surface area contributed by atoms with Gasteiger partial charge in [-0.2, -0.15) is 0 Å². The molecule has 26 heavy (non-hydrogen) atoms. The first-order valence-electron chi connectivity index (χ1n) is 8.18. The molecule has 0 fully saturated rings. The maximum absolute atomic E-state index is 11.5. The first kappa shape index (κ1) is 17.6. The molecule has 1 aromatic heterocycles. The molecule has 1 unspecified atom stereocenters. The van der Waals surface area contributed by atoms with Gasteiger partial charge in [-0.25, -0.2) is 9.78 Å². The molecule has 3 rings (SSSR count). The predicted molar refractivity (Wildman–Crippen MR) is 101 cm³/mol. The largest absolute Gasteiger partial charge is 0.466 e. The van der Waals surface area contributed by atoms with Crippen LogP contribution in [-0.4, -0.2) is 23.2 Å². The number of rotatable bonds is 5. The van der Waals surface area contributed by atoms with E-state index < -0.39 is 12.1 Å². The first-order valence-corrected chi connectivity index (χ1v) is 8.18. The number of carbonyl (C=O) groups is 1. The average Bonchev–Trinajstić information content (AvgIpc) is 2.73. The summed E-state index contributed by atoms with van der Waals surface area (Å²) < 4.78 is 4.60. The Hall–Kier alpha value is -3.24. The SMILES string of the molecule is C=C(C(=O)OC)C(O)c1cccc(-c2ccc(-c3ccccc3)cc2)n1. The molecule has 0 amide bonds. The number of pyridine rings is 1. The summed E-state index contributed by atoms with van der Waals surface area (Å²) in [5, 5.41) is 10.3. The Morgan fingerprint density at radius 1 is 0.923 bits per heavy atom. The summed E-state index contributed by atoms with van der Waals surface area (Å²) in [4.78, 5) is 16.0. The van der Waals surface area contributed by atoms with Gasteiger partial charge >= 0.3 is 5.97 Å². The van der Waals surface area contributed by atoms with Crippen LogP contribution in [0.4, 0.5) is 0 Å². The van der Waals surface area contributed by atoms with Crippen LogP contribution in [0.2, 0.25) is 0 Å². The highest BCUT2D eigenvalue weighted by Gasteiger charge is 2.20. The summed E-state index contributed by atoms with van der Waals surface area (Å²) in [7, 11) is 1.25. The zero-order valence-electron chi connectivity index (χ0n) is 14.4. The van der Waals surface area contributed by atoms with E-state index in [0.29, 0.717) is 11.4 Å². The molecule has 4 nitrogen and oxygen atoms in total. The fourth-order valence-corrected chi connectivity index (χ4v) is 2.65. The summed E-state index contributed by atoms with van der Waals surface area (Å²) in [5.41, 5.74) is 4.19. The Bertz CT molecular complexity index is 918. The standard InChI is InChI=1S/C22H19NO3/c1-15(22(25)26-2)21(24)20-10-6-9-19(23-20)18-13-11-17(12-14-18)16-7-4-3-5-8-16/h3-14,21,24H,1H2,2H3. The molecule has 4 heteroatoms. The van der Waals surface area contributed by atoms with Gasteiger partial charge in [-0.1, -0.05) is 67.2 Å². The number of aliphatic hydroxyl groups excluding tert-OH is 1. The maximum atomic E-state index is 11.5. The van der Waals surface area contributed by atoms with Crippen LogP contribution in [0.15, 0.2) is 84.9 Å². The van der Waals surface area contributed by atoms with Gasteiger partial charge < -0.3 is 9.84 Å². The van der Waals surface area contributed by atoms with Crippen LogP contribution in [0.5, 0.6) is 0 Å². The van der Waals surface area contributed by atoms with Crippen LogP contribution >= 0.6 is 0 Å². The van der Waals surface area contributed by atoms with Gasteiger partial charge in [-0.15, -0.1) is 0 Å². The number of hydrogen-bond donors (Lipinski definition) is 1. The van der Waals surface area contributed by atoms with Crippen molar-refractivity contribution < 1.29 is 14.6 Å².